The molecular weight excluding hydrogens is 221 g/mol. The van der Waals surface area contributed by atoms with E-state index in [-0.39, 0.29) is 5.82 Å². The maximum absolute atomic E-state index is 13.1. The fourth-order valence-corrected chi connectivity index (χ4v) is 1.30. The van der Waals surface area contributed by atoms with Gasteiger partial charge in [-0.15, -0.1) is 0 Å². The fourth-order valence-electron chi connectivity index (χ4n) is 0.949. The number of hydrogen-bond acceptors (Lipinski definition) is 1. The predicted octanol–water partition coefficient (Wildman–Crippen LogP) is 3.04. The largest absolute Gasteiger partial charge is 0.372 e. The van der Waals surface area contributed by atoms with Gasteiger partial charge in [-0.3, -0.25) is 0 Å². The van der Waals surface area contributed by atoms with Crippen LogP contribution in [0.1, 0.15) is 6.92 Å². The van der Waals surface area contributed by atoms with Crippen molar-refractivity contribution in [1.29, 1.82) is 0 Å². The van der Waals surface area contributed by atoms with Crippen molar-refractivity contribution in [2.45, 2.75) is 6.92 Å². The molecule has 1 aromatic rings. The minimum absolute atomic E-state index is 0.178. The van der Waals surface area contributed by atoms with Crippen LogP contribution in [-0.2, 0) is 0 Å². The Morgan fingerprint density at radius 1 is 1.50 bits per heavy atom. The SMILES string of the molecule is CCN(C)c1cc(Br)ccc1F. The average Bonchev–Trinajstić information content (AvgIpc) is 2.08. The van der Waals surface area contributed by atoms with E-state index in [0.717, 1.165) is 11.0 Å². The van der Waals surface area contributed by atoms with Crippen LogP contribution in [0.25, 0.3) is 0 Å². The van der Waals surface area contributed by atoms with Crippen LogP contribution in [-0.4, -0.2) is 13.6 Å². The smallest absolute Gasteiger partial charge is 0.146 e. The van der Waals surface area contributed by atoms with E-state index in [1.54, 1.807) is 12.1 Å². The van der Waals surface area contributed by atoms with Gasteiger partial charge >= 0.3 is 0 Å². The zero-order valence-corrected chi connectivity index (χ0v) is 8.73. The Morgan fingerprint density at radius 2 is 2.17 bits per heavy atom. The lowest BCUT2D eigenvalue weighted by atomic mass is 10.3. The van der Waals surface area contributed by atoms with Gasteiger partial charge < -0.3 is 4.90 Å². The van der Waals surface area contributed by atoms with E-state index in [4.69, 9.17) is 0 Å². The van der Waals surface area contributed by atoms with Gasteiger partial charge in [0.2, 0.25) is 0 Å². The highest BCUT2D eigenvalue weighted by atomic mass is 79.9. The molecule has 0 amide bonds. The van der Waals surface area contributed by atoms with E-state index in [1.165, 1.54) is 6.07 Å². The molecule has 12 heavy (non-hydrogen) atoms. The van der Waals surface area contributed by atoms with E-state index in [1.807, 2.05) is 18.9 Å². The monoisotopic (exact) mass is 231 g/mol. The third-order valence-corrected chi connectivity index (χ3v) is 2.29. The van der Waals surface area contributed by atoms with Crippen LogP contribution < -0.4 is 4.90 Å². The highest BCUT2D eigenvalue weighted by Gasteiger charge is 2.05. The number of benzene rings is 1. The van der Waals surface area contributed by atoms with Crippen LogP contribution in [0.5, 0.6) is 0 Å². The Kier molecular flexibility index (Phi) is 3.09. The van der Waals surface area contributed by atoms with E-state index >= 15 is 0 Å². The lowest BCUT2D eigenvalue weighted by Gasteiger charge is -2.17. The summed E-state index contributed by atoms with van der Waals surface area (Å²) in [7, 11) is 1.87. The maximum atomic E-state index is 13.1. The predicted molar refractivity (Wildman–Crippen MR) is 53.0 cm³/mol. The summed E-state index contributed by atoms with van der Waals surface area (Å²) < 4.78 is 14.0. The molecule has 0 aliphatic rings. The third kappa shape index (κ3) is 1.97. The van der Waals surface area contributed by atoms with E-state index in [9.17, 15) is 4.39 Å². The lowest BCUT2D eigenvalue weighted by Crippen LogP contribution is -2.17. The molecule has 0 aliphatic carbocycles. The summed E-state index contributed by atoms with van der Waals surface area (Å²) >= 11 is 3.30. The number of nitrogens with zero attached hydrogens (tertiary/aromatic N) is 1. The van der Waals surface area contributed by atoms with E-state index < -0.39 is 0 Å². The minimum atomic E-state index is -0.178. The Labute approximate surface area is 80.3 Å². The van der Waals surface area contributed by atoms with Gasteiger partial charge in [-0.05, 0) is 25.1 Å². The summed E-state index contributed by atoms with van der Waals surface area (Å²) in [5.41, 5.74) is 0.631. The van der Waals surface area contributed by atoms with Crippen molar-refractivity contribution in [3.63, 3.8) is 0 Å². The lowest BCUT2D eigenvalue weighted by molar-refractivity contribution is 0.623. The van der Waals surface area contributed by atoms with Crippen molar-refractivity contribution < 1.29 is 4.39 Å². The molecule has 0 aliphatic heterocycles. The van der Waals surface area contributed by atoms with Crippen molar-refractivity contribution in [3.05, 3.63) is 28.5 Å². The van der Waals surface area contributed by atoms with Gasteiger partial charge in [0.05, 0.1) is 5.69 Å². The minimum Gasteiger partial charge on any atom is -0.372 e. The molecule has 1 rings (SSSR count). The molecule has 0 saturated heterocycles. The van der Waals surface area contributed by atoms with Crippen LogP contribution in [0.15, 0.2) is 22.7 Å². The van der Waals surface area contributed by atoms with Crippen LogP contribution >= 0.6 is 15.9 Å². The first-order valence-electron chi connectivity index (χ1n) is 3.81. The van der Waals surface area contributed by atoms with Gasteiger partial charge in [0, 0.05) is 18.1 Å². The zero-order valence-electron chi connectivity index (χ0n) is 7.14. The van der Waals surface area contributed by atoms with Crippen LogP contribution in [0, 0.1) is 5.82 Å². The van der Waals surface area contributed by atoms with Crippen LogP contribution in [0.3, 0.4) is 0 Å². The molecule has 0 bridgehead atoms. The Morgan fingerprint density at radius 3 is 2.75 bits per heavy atom. The summed E-state index contributed by atoms with van der Waals surface area (Å²) in [4.78, 5) is 1.86. The topological polar surface area (TPSA) is 3.24 Å². The van der Waals surface area contributed by atoms with E-state index in [0.29, 0.717) is 5.69 Å². The third-order valence-electron chi connectivity index (χ3n) is 1.79. The molecule has 0 fully saturated rings. The van der Waals surface area contributed by atoms with Crippen molar-refractivity contribution in [2.24, 2.45) is 0 Å². The van der Waals surface area contributed by atoms with E-state index in [2.05, 4.69) is 15.9 Å². The van der Waals surface area contributed by atoms with Crippen molar-refractivity contribution in [1.82, 2.24) is 0 Å². The molecule has 1 aromatic carbocycles. The highest BCUT2D eigenvalue weighted by molar-refractivity contribution is 9.10. The maximum Gasteiger partial charge on any atom is 0.146 e. The second-order valence-corrected chi connectivity index (χ2v) is 3.53. The summed E-state index contributed by atoms with van der Waals surface area (Å²) in [6.07, 6.45) is 0. The Bertz CT molecular complexity index is 275. The molecule has 0 unspecified atom stereocenters. The molecule has 0 N–H and O–H groups in total. The molecule has 3 heteroatoms. The fraction of sp³-hybridized carbons (Fsp3) is 0.333. The van der Waals surface area contributed by atoms with Gasteiger partial charge in [0.1, 0.15) is 5.82 Å². The molecule has 0 spiro atoms. The van der Waals surface area contributed by atoms with Gasteiger partial charge in [-0.25, -0.2) is 4.39 Å². The molecule has 0 aromatic heterocycles. The van der Waals surface area contributed by atoms with Gasteiger partial charge in [-0.2, -0.15) is 0 Å². The first kappa shape index (κ1) is 9.52. The normalized spacial score (nSPS) is 10.0. The summed E-state index contributed by atoms with van der Waals surface area (Å²) in [5, 5.41) is 0. The molecule has 1 nitrogen and oxygen atoms in total. The Hall–Kier alpha value is -0.570. The van der Waals surface area contributed by atoms with Gasteiger partial charge in [0.25, 0.3) is 0 Å². The van der Waals surface area contributed by atoms with Gasteiger partial charge in [-0.1, -0.05) is 15.9 Å². The second-order valence-electron chi connectivity index (χ2n) is 2.61. The van der Waals surface area contributed by atoms with Crippen molar-refractivity contribution in [3.8, 4) is 0 Å². The first-order chi connectivity index (χ1) is 5.65. The molecular formula is C9H11BrFN. The summed E-state index contributed by atoms with van der Waals surface area (Å²) in [6, 6.07) is 4.94. The van der Waals surface area contributed by atoms with Crippen molar-refractivity contribution >= 4 is 21.6 Å². The van der Waals surface area contributed by atoms with Crippen molar-refractivity contribution in [2.75, 3.05) is 18.5 Å². The van der Waals surface area contributed by atoms with Gasteiger partial charge in [0.15, 0.2) is 0 Å². The zero-order chi connectivity index (χ0) is 9.14. The molecule has 0 atom stereocenters. The number of rotatable bonds is 2. The standard InChI is InChI=1S/C9H11BrFN/c1-3-12(2)9-6-7(10)4-5-8(9)11/h4-6H,3H2,1-2H3. The highest BCUT2D eigenvalue weighted by Crippen LogP contribution is 2.22. The molecule has 0 radical (unpaired) electrons. The number of halogens is 2. The average molecular weight is 232 g/mol. The second kappa shape index (κ2) is 3.90. The number of anilines is 1. The first-order valence-corrected chi connectivity index (χ1v) is 4.60. The molecule has 0 heterocycles. The van der Waals surface area contributed by atoms with Crippen LogP contribution in [0.4, 0.5) is 10.1 Å². The summed E-state index contributed by atoms with van der Waals surface area (Å²) in [5.74, 6) is -0.178. The molecule has 66 valence electrons. The Balaban J connectivity index is 3.04. The number of hydrogen-bond donors (Lipinski definition) is 0. The van der Waals surface area contributed by atoms with Crippen LogP contribution in [0.2, 0.25) is 0 Å². The molecule has 0 saturated carbocycles. The summed E-state index contributed by atoms with van der Waals surface area (Å²) in [6.45, 7) is 2.79. The quantitative estimate of drug-likeness (QED) is 0.757.